The van der Waals surface area contributed by atoms with Gasteiger partial charge in [0, 0.05) is 16.9 Å². The van der Waals surface area contributed by atoms with Gasteiger partial charge in [-0.15, -0.1) is 0 Å². The van der Waals surface area contributed by atoms with E-state index >= 15 is 0 Å². The molecule has 0 bridgehead atoms. The van der Waals surface area contributed by atoms with E-state index in [-0.39, 0.29) is 11.0 Å². The predicted molar refractivity (Wildman–Crippen MR) is 75.1 cm³/mol. The van der Waals surface area contributed by atoms with Crippen molar-refractivity contribution in [2.24, 2.45) is 5.92 Å². The van der Waals surface area contributed by atoms with Crippen LogP contribution >= 0.6 is 0 Å². The quantitative estimate of drug-likeness (QED) is 0.664. The summed E-state index contributed by atoms with van der Waals surface area (Å²) in [7, 11) is 0. The highest BCUT2D eigenvalue weighted by molar-refractivity contribution is 5.51. The molecule has 1 aromatic rings. The number of benzene rings is 1. The van der Waals surface area contributed by atoms with Crippen molar-refractivity contribution in [3.63, 3.8) is 0 Å². The standard InChI is InChI=1S/C17H22O/c1-11(2)13-8-9-16(4)14-7-6-12(3)10-15(14)18-17(13,16)5/h6-7,10,13H,1,8-9H2,2-5H3/t13-,16-,17-/m0/s1. The molecule has 1 saturated carbocycles. The Kier molecular flexibility index (Phi) is 2.24. The molecule has 18 heavy (non-hydrogen) atoms. The molecule has 0 saturated heterocycles. The van der Waals surface area contributed by atoms with Gasteiger partial charge in [-0.2, -0.15) is 0 Å². The maximum Gasteiger partial charge on any atom is 0.124 e. The largest absolute Gasteiger partial charge is 0.486 e. The molecule has 0 radical (unpaired) electrons. The SMILES string of the molecule is C=C(C)[C@@H]1CC[C@@]2(C)c3ccc(C)cc3O[C@@]12C. The zero-order chi connectivity index (χ0) is 13.1. The second kappa shape index (κ2) is 3.40. The van der Waals surface area contributed by atoms with Gasteiger partial charge in [0.1, 0.15) is 11.4 Å². The van der Waals surface area contributed by atoms with E-state index in [4.69, 9.17) is 4.74 Å². The number of hydrogen-bond acceptors (Lipinski definition) is 1. The Labute approximate surface area is 110 Å². The molecule has 0 unspecified atom stereocenters. The van der Waals surface area contributed by atoms with E-state index in [1.165, 1.54) is 29.5 Å². The van der Waals surface area contributed by atoms with Crippen LogP contribution in [0.4, 0.5) is 0 Å². The summed E-state index contributed by atoms with van der Waals surface area (Å²) in [5.74, 6) is 1.56. The summed E-state index contributed by atoms with van der Waals surface area (Å²) < 4.78 is 6.42. The van der Waals surface area contributed by atoms with Crippen molar-refractivity contribution < 1.29 is 4.74 Å². The van der Waals surface area contributed by atoms with Crippen LogP contribution in [-0.2, 0) is 5.41 Å². The molecule has 1 aromatic carbocycles. The van der Waals surface area contributed by atoms with Gasteiger partial charge in [0.25, 0.3) is 0 Å². The van der Waals surface area contributed by atoms with Crippen LogP contribution in [0.25, 0.3) is 0 Å². The van der Waals surface area contributed by atoms with Gasteiger partial charge >= 0.3 is 0 Å². The van der Waals surface area contributed by atoms with Crippen molar-refractivity contribution in [1.82, 2.24) is 0 Å². The lowest BCUT2D eigenvalue weighted by atomic mass is 9.70. The molecule has 0 amide bonds. The second-order valence-electron chi connectivity index (χ2n) is 6.48. The molecule has 0 aromatic heterocycles. The fourth-order valence-corrected chi connectivity index (χ4v) is 4.04. The first-order valence-electron chi connectivity index (χ1n) is 6.84. The summed E-state index contributed by atoms with van der Waals surface area (Å²) >= 11 is 0. The topological polar surface area (TPSA) is 9.23 Å². The summed E-state index contributed by atoms with van der Waals surface area (Å²) in [6, 6.07) is 6.64. The van der Waals surface area contributed by atoms with Gasteiger partial charge in [0.05, 0.1) is 0 Å². The third-order valence-electron chi connectivity index (χ3n) is 5.34. The molecule has 1 aliphatic heterocycles. The molecule has 0 N–H and O–H groups in total. The van der Waals surface area contributed by atoms with Crippen LogP contribution in [0.3, 0.4) is 0 Å². The lowest BCUT2D eigenvalue weighted by Crippen LogP contribution is -2.47. The Morgan fingerprint density at radius 2 is 2.11 bits per heavy atom. The van der Waals surface area contributed by atoms with Gasteiger partial charge in [-0.1, -0.05) is 31.2 Å². The van der Waals surface area contributed by atoms with Crippen LogP contribution < -0.4 is 4.74 Å². The molecular weight excluding hydrogens is 220 g/mol. The maximum atomic E-state index is 6.42. The fourth-order valence-electron chi connectivity index (χ4n) is 4.04. The minimum absolute atomic E-state index is 0.116. The average molecular weight is 242 g/mol. The number of aryl methyl sites for hydroxylation is 1. The van der Waals surface area contributed by atoms with Gasteiger partial charge in [-0.05, 0) is 45.2 Å². The van der Waals surface area contributed by atoms with Crippen LogP contribution in [0.1, 0.15) is 44.7 Å². The predicted octanol–water partition coefficient (Wildman–Crippen LogP) is 4.39. The summed E-state index contributed by atoms with van der Waals surface area (Å²) in [4.78, 5) is 0. The van der Waals surface area contributed by atoms with Crippen molar-refractivity contribution in [1.29, 1.82) is 0 Å². The molecule has 1 nitrogen and oxygen atoms in total. The van der Waals surface area contributed by atoms with Crippen molar-refractivity contribution in [2.75, 3.05) is 0 Å². The highest BCUT2D eigenvalue weighted by atomic mass is 16.5. The Balaban J connectivity index is 2.15. The van der Waals surface area contributed by atoms with Gasteiger partial charge < -0.3 is 4.74 Å². The molecule has 0 spiro atoms. The summed E-state index contributed by atoms with van der Waals surface area (Å²) in [6.45, 7) is 13.1. The fraction of sp³-hybridized carbons (Fsp3) is 0.529. The molecule has 1 heterocycles. The number of hydrogen-bond donors (Lipinski definition) is 0. The molecule has 1 fully saturated rings. The third-order valence-corrected chi connectivity index (χ3v) is 5.34. The van der Waals surface area contributed by atoms with Crippen LogP contribution in [0.15, 0.2) is 30.4 Å². The van der Waals surface area contributed by atoms with Gasteiger partial charge in [0.2, 0.25) is 0 Å². The van der Waals surface area contributed by atoms with Gasteiger partial charge in [0.15, 0.2) is 0 Å². The first-order chi connectivity index (χ1) is 8.38. The molecule has 96 valence electrons. The zero-order valence-corrected chi connectivity index (χ0v) is 11.8. The van der Waals surface area contributed by atoms with E-state index in [0.717, 1.165) is 5.75 Å². The van der Waals surface area contributed by atoms with E-state index in [2.05, 4.69) is 52.5 Å². The summed E-state index contributed by atoms with van der Waals surface area (Å²) in [5.41, 5.74) is 3.94. The Morgan fingerprint density at radius 3 is 2.78 bits per heavy atom. The minimum Gasteiger partial charge on any atom is -0.486 e. The summed E-state index contributed by atoms with van der Waals surface area (Å²) in [5, 5.41) is 0. The first-order valence-corrected chi connectivity index (χ1v) is 6.84. The monoisotopic (exact) mass is 242 g/mol. The molecule has 2 aliphatic rings. The van der Waals surface area contributed by atoms with E-state index in [0.29, 0.717) is 5.92 Å². The average Bonchev–Trinajstić information content (AvgIpc) is 2.62. The van der Waals surface area contributed by atoms with Crippen LogP contribution in [0.5, 0.6) is 5.75 Å². The number of rotatable bonds is 1. The molecule has 3 rings (SSSR count). The van der Waals surface area contributed by atoms with Crippen molar-refractivity contribution >= 4 is 0 Å². The highest BCUT2D eigenvalue weighted by Gasteiger charge is 2.62. The number of ether oxygens (including phenoxy) is 1. The Morgan fingerprint density at radius 1 is 1.39 bits per heavy atom. The third kappa shape index (κ3) is 1.23. The van der Waals surface area contributed by atoms with E-state index < -0.39 is 0 Å². The lowest BCUT2D eigenvalue weighted by molar-refractivity contribution is 0.0368. The molecule has 1 heteroatoms. The summed E-state index contributed by atoms with van der Waals surface area (Å²) in [6.07, 6.45) is 2.38. The smallest absolute Gasteiger partial charge is 0.124 e. The van der Waals surface area contributed by atoms with Crippen molar-refractivity contribution in [2.45, 2.75) is 51.6 Å². The van der Waals surface area contributed by atoms with E-state index in [1.54, 1.807) is 0 Å². The minimum atomic E-state index is -0.116. The Hall–Kier alpha value is -1.24. The van der Waals surface area contributed by atoms with E-state index in [1.807, 2.05) is 0 Å². The molecule has 1 aliphatic carbocycles. The van der Waals surface area contributed by atoms with Gasteiger partial charge in [-0.3, -0.25) is 0 Å². The van der Waals surface area contributed by atoms with Crippen LogP contribution in [0, 0.1) is 12.8 Å². The van der Waals surface area contributed by atoms with Crippen LogP contribution in [0.2, 0.25) is 0 Å². The highest BCUT2D eigenvalue weighted by Crippen LogP contribution is 2.61. The first kappa shape index (κ1) is 11.8. The lowest BCUT2D eigenvalue weighted by Gasteiger charge is -2.37. The van der Waals surface area contributed by atoms with Gasteiger partial charge in [-0.25, -0.2) is 0 Å². The zero-order valence-electron chi connectivity index (χ0n) is 11.8. The van der Waals surface area contributed by atoms with E-state index in [9.17, 15) is 0 Å². The van der Waals surface area contributed by atoms with Crippen molar-refractivity contribution in [3.05, 3.63) is 41.5 Å². The normalized spacial score (nSPS) is 37.0. The second-order valence-corrected chi connectivity index (χ2v) is 6.48. The van der Waals surface area contributed by atoms with Crippen LogP contribution in [-0.4, -0.2) is 5.60 Å². The molecular formula is C17H22O. The number of fused-ring (bicyclic) bond motifs is 3. The molecule has 3 atom stereocenters. The maximum absolute atomic E-state index is 6.42. The Bertz CT molecular complexity index is 530. The van der Waals surface area contributed by atoms with Crippen molar-refractivity contribution in [3.8, 4) is 5.75 Å².